The standard InChI is InChI=1S/C105H66BN5/c1-11-31-67(32-12-1)77-51-78(68-33-13-2-14-34-68)54-85(53-77)103-107-104(86-55-79(69-35-15-3-16-36-69)52-80(56-86)70-37-17-4-18-38-70)109-105(108-103)87-65-96-100-97(66-87)111-95-64-84(74-45-25-8-26-46-74)58-89(76-49-29-10-30-50-76)99(95)91-60-82(72-41-21-6-22-42-72)62-93(102(91)111)106(100)92-61-81(71-39-19-5-20-40-71)59-90-98-88(75-47-27-9-28-48-75)57-83(73-43-23-7-24-44-73)63-94(98)110(96)101(90)92/h1-66H. The van der Waals surface area contributed by atoms with Crippen LogP contribution >= 0.6 is 0 Å². The predicted molar refractivity (Wildman–Crippen MR) is 464 cm³/mol. The van der Waals surface area contributed by atoms with E-state index in [1.807, 2.05) is 0 Å². The number of rotatable bonds is 13. The second-order valence-corrected chi connectivity index (χ2v) is 29.4. The van der Waals surface area contributed by atoms with E-state index in [0.29, 0.717) is 17.5 Å². The van der Waals surface area contributed by atoms with Crippen molar-refractivity contribution in [3.05, 3.63) is 400 Å². The first-order valence-corrected chi connectivity index (χ1v) is 38.1. The number of hydrogen-bond donors (Lipinski definition) is 0. The van der Waals surface area contributed by atoms with Crippen LogP contribution in [0.1, 0.15) is 0 Å². The Bertz CT molecular complexity index is 6520. The molecule has 0 aliphatic carbocycles. The van der Waals surface area contributed by atoms with Gasteiger partial charge in [-0.05, 0) is 213 Å². The van der Waals surface area contributed by atoms with Gasteiger partial charge in [-0.15, -0.1) is 0 Å². The molecule has 22 rings (SSSR count). The van der Waals surface area contributed by atoms with Gasteiger partial charge in [0.05, 0.1) is 11.0 Å². The van der Waals surface area contributed by atoms with Crippen molar-refractivity contribution >= 4 is 66.7 Å². The van der Waals surface area contributed by atoms with Gasteiger partial charge in [-0.3, -0.25) is 0 Å². The van der Waals surface area contributed by atoms with E-state index in [9.17, 15) is 0 Å². The van der Waals surface area contributed by atoms with Crippen molar-refractivity contribution in [3.63, 3.8) is 0 Å². The average molecular weight is 1410 g/mol. The minimum Gasteiger partial charge on any atom is -0.310 e. The lowest BCUT2D eigenvalue weighted by Gasteiger charge is -2.34. The molecule has 2 aliphatic rings. The van der Waals surface area contributed by atoms with E-state index >= 15 is 0 Å². The first-order chi connectivity index (χ1) is 55.0. The molecule has 3 aromatic heterocycles. The first kappa shape index (κ1) is 63.7. The fourth-order valence-corrected chi connectivity index (χ4v) is 17.8. The summed E-state index contributed by atoms with van der Waals surface area (Å²) in [5.74, 6) is 1.66. The Morgan fingerprint density at radius 1 is 0.189 bits per heavy atom. The predicted octanol–water partition coefficient (Wildman–Crippen LogP) is 24.9. The quantitative estimate of drug-likeness (QED) is 0.108. The summed E-state index contributed by atoms with van der Waals surface area (Å²) < 4.78 is 5.28. The highest BCUT2D eigenvalue weighted by Crippen LogP contribution is 2.49. The van der Waals surface area contributed by atoms with E-state index in [2.05, 4.69) is 410 Å². The third kappa shape index (κ3) is 10.8. The fraction of sp³-hybridized carbons (Fsp3) is 0. The minimum absolute atomic E-state index is 0.281. The Morgan fingerprint density at radius 2 is 0.414 bits per heavy atom. The van der Waals surface area contributed by atoms with Gasteiger partial charge in [0.2, 0.25) is 0 Å². The van der Waals surface area contributed by atoms with Gasteiger partial charge in [0.15, 0.2) is 17.5 Å². The molecule has 0 radical (unpaired) electrons. The van der Waals surface area contributed by atoms with Crippen LogP contribution in [0.4, 0.5) is 0 Å². The molecule has 0 spiro atoms. The van der Waals surface area contributed by atoms with Gasteiger partial charge in [0, 0.05) is 60.6 Å². The minimum atomic E-state index is -0.281. The normalized spacial score (nSPS) is 11.9. The second-order valence-electron chi connectivity index (χ2n) is 29.4. The average Bonchev–Trinajstić information content (AvgIpc) is 1.51. The van der Waals surface area contributed by atoms with Gasteiger partial charge in [0.1, 0.15) is 0 Å². The summed E-state index contributed by atoms with van der Waals surface area (Å²) in [6.45, 7) is -0.281. The maximum Gasteiger partial charge on any atom is 0.252 e. The van der Waals surface area contributed by atoms with Crippen LogP contribution in [0, 0.1) is 0 Å². The van der Waals surface area contributed by atoms with Gasteiger partial charge in [-0.25, -0.2) is 15.0 Å². The highest BCUT2D eigenvalue weighted by molar-refractivity contribution is 7.00. The molecule has 0 fully saturated rings. The van der Waals surface area contributed by atoms with Crippen LogP contribution in [0.25, 0.3) is 200 Å². The zero-order valence-corrected chi connectivity index (χ0v) is 60.4. The number of aromatic nitrogens is 5. The van der Waals surface area contributed by atoms with Crippen LogP contribution in [0.5, 0.6) is 0 Å². The smallest absolute Gasteiger partial charge is 0.252 e. The van der Waals surface area contributed by atoms with E-state index in [1.165, 1.54) is 49.0 Å². The lowest BCUT2D eigenvalue weighted by Crippen LogP contribution is -2.59. The molecule has 0 amide bonds. The molecular weight excluding hydrogens is 1340 g/mol. The molecule has 0 saturated heterocycles. The van der Waals surface area contributed by atoms with Gasteiger partial charge in [-0.2, -0.15) is 0 Å². The van der Waals surface area contributed by atoms with Crippen LogP contribution < -0.4 is 16.4 Å². The molecule has 5 heterocycles. The highest BCUT2D eigenvalue weighted by Gasteiger charge is 2.43. The molecular formula is C105H66BN5. The first-order valence-electron chi connectivity index (χ1n) is 38.1. The molecule has 514 valence electrons. The molecule has 0 bridgehead atoms. The maximum atomic E-state index is 5.94. The lowest BCUT2D eigenvalue weighted by atomic mass is 9.34. The zero-order chi connectivity index (χ0) is 73.0. The van der Waals surface area contributed by atoms with Gasteiger partial charge >= 0.3 is 0 Å². The molecule has 6 heteroatoms. The van der Waals surface area contributed by atoms with Crippen LogP contribution in [0.15, 0.2) is 400 Å². The molecule has 0 unspecified atom stereocenters. The number of fused-ring (bicyclic) bond motifs is 10. The van der Waals surface area contributed by atoms with Crippen LogP contribution in [0.2, 0.25) is 0 Å². The van der Waals surface area contributed by atoms with Crippen molar-refractivity contribution in [1.29, 1.82) is 0 Å². The second kappa shape index (κ2) is 26.1. The summed E-state index contributed by atoms with van der Waals surface area (Å²) in [6, 6.07) is 147. The van der Waals surface area contributed by atoms with Crippen molar-refractivity contribution < 1.29 is 0 Å². The van der Waals surface area contributed by atoms with Gasteiger partial charge in [0.25, 0.3) is 6.71 Å². The third-order valence-corrected chi connectivity index (χ3v) is 22.8. The number of benzene rings is 17. The Kier molecular flexibility index (Phi) is 15.0. The van der Waals surface area contributed by atoms with Gasteiger partial charge < -0.3 is 9.13 Å². The summed E-state index contributed by atoms with van der Waals surface area (Å²) in [5.41, 5.74) is 35.3. The zero-order valence-electron chi connectivity index (χ0n) is 60.4. The topological polar surface area (TPSA) is 48.5 Å². The van der Waals surface area contributed by atoms with Crippen molar-refractivity contribution in [3.8, 4) is 157 Å². The molecule has 17 aromatic carbocycles. The SMILES string of the molecule is c1ccc(-c2cc(-c3ccccc3)cc(-c3nc(-c4cc(-c5ccccc5)cc(-c5ccccc5)c4)nc(-c4cc5c6c(c4)-n4c7cc(-c8ccccc8)cc(-c8ccccc8)c7c7cc(-c8ccccc8)cc(c74)B6c4cc(-c6ccccc6)cc6c7c(-c8ccccc8)cc(-c8ccccc8)cc7n-5c46)n3)c2)cc1. The van der Waals surface area contributed by atoms with Crippen LogP contribution in [-0.2, 0) is 0 Å². The van der Waals surface area contributed by atoms with Crippen LogP contribution in [0.3, 0.4) is 0 Å². The summed E-state index contributed by atoms with van der Waals surface area (Å²) in [6.07, 6.45) is 0. The molecule has 0 N–H and O–H groups in total. The fourth-order valence-electron chi connectivity index (χ4n) is 17.8. The van der Waals surface area contributed by atoms with E-state index in [0.717, 1.165) is 150 Å². The van der Waals surface area contributed by atoms with Crippen LogP contribution in [-0.4, -0.2) is 30.8 Å². The Balaban J connectivity index is 0.922. The van der Waals surface area contributed by atoms with E-state index in [1.54, 1.807) is 0 Å². The van der Waals surface area contributed by atoms with Gasteiger partial charge in [-0.1, -0.05) is 315 Å². The molecule has 111 heavy (non-hydrogen) atoms. The molecule has 0 atom stereocenters. The van der Waals surface area contributed by atoms with Crippen molar-refractivity contribution in [2.45, 2.75) is 0 Å². The molecule has 2 aliphatic heterocycles. The van der Waals surface area contributed by atoms with E-state index < -0.39 is 0 Å². The molecule has 20 aromatic rings. The molecule has 0 saturated carbocycles. The summed E-state index contributed by atoms with van der Waals surface area (Å²) in [5, 5.41) is 4.74. The largest absolute Gasteiger partial charge is 0.310 e. The van der Waals surface area contributed by atoms with Crippen molar-refractivity contribution in [2.75, 3.05) is 0 Å². The van der Waals surface area contributed by atoms with Crippen molar-refractivity contribution in [2.24, 2.45) is 0 Å². The third-order valence-electron chi connectivity index (χ3n) is 22.8. The molecule has 5 nitrogen and oxygen atoms in total. The van der Waals surface area contributed by atoms with Crippen molar-refractivity contribution in [1.82, 2.24) is 24.1 Å². The summed E-state index contributed by atoms with van der Waals surface area (Å²) >= 11 is 0. The number of hydrogen-bond acceptors (Lipinski definition) is 3. The van der Waals surface area contributed by atoms with E-state index in [-0.39, 0.29) is 6.71 Å². The monoisotopic (exact) mass is 1410 g/mol. The highest BCUT2D eigenvalue weighted by atomic mass is 15.1. The summed E-state index contributed by atoms with van der Waals surface area (Å²) in [4.78, 5) is 17.7. The Hall–Kier alpha value is -14.6. The Morgan fingerprint density at radius 3 is 0.685 bits per heavy atom. The summed E-state index contributed by atoms with van der Waals surface area (Å²) in [7, 11) is 0. The maximum absolute atomic E-state index is 5.94. The Labute approximate surface area is 643 Å². The van der Waals surface area contributed by atoms with E-state index in [4.69, 9.17) is 15.0 Å². The number of nitrogens with zero attached hydrogens (tertiary/aromatic N) is 5. The lowest BCUT2D eigenvalue weighted by molar-refractivity contribution is 1.07.